The van der Waals surface area contributed by atoms with Crippen LogP contribution in [0.25, 0.3) is 0 Å². The summed E-state index contributed by atoms with van der Waals surface area (Å²) in [6.45, 7) is 1.03. The fourth-order valence-electron chi connectivity index (χ4n) is 1.06. The number of amides is 1. The Morgan fingerprint density at radius 3 is 2.53 bits per heavy atom. The molecule has 0 aromatic heterocycles. The minimum atomic E-state index is -5.82. The number of carbonyl (C=O) groups excluding carboxylic acids is 1. The van der Waals surface area contributed by atoms with E-state index in [-0.39, 0.29) is 19.1 Å². The number of alkyl halides is 3. The van der Waals surface area contributed by atoms with Gasteiger partial charge < -0.3 is 9.47 Å². The maximum atomic E-state index is 12.1. The third kappa shape index (κ3) is 4.60. The summed E-state index contributed by atoms with van der Waals surface area (Å²) in [5, 5.41) is 0. The Labute approximate surface area is 107 Å². The van der Waals surface area contributed by atoms with Gasteiger partial charge in [-0.15, -0.1) is 0 Å². The molecular weight excluding hydrogens is 293 g/mol. The number of epoxide rings is 1. The summed E-state index contributed by atoms with van der Waals surface area (Å²) in [4.78, 5) is 11.2. The predicted molar refractivity (Wildman–Crippen MR) is 55.8 cm³/mol. The van der Waals surface area contributed by atoms with Crippen LogP contribution in [0.5, 0.6) is 0 Å². The fourth-order valence-corrected chi connectivity index (χ4v) is 1.64. The Morgan fingerprint density at radius 1 is 1.47 bits per heavy atom. The van der Waals surface area contributed by atoms with Crippen molar-refractivity contribution in [1.29, 1.82) is 0 Å². The van der Waals surface area contributed by atoms with E-state index in [1.54, 1.807) is 0 Å². The Bertz CT molecular complexity index is 421. The number of ether oxygens (including phenoxy) is 2. The highest BCUT2D eigenvalue weighted by Crippen LogP contribution is 2.25. The monoisotopic (exact) mass is 306 g/mol. The number of rotatable bonds is 7. The molecule has 1 rings (SSSR count). The summed E-state index contributed by atoms with van der Waals surface area (Å²) in [5.41, 5.74) is -5.60. The van der Waals surface area contributed by atoms with Gasteiger partial charge in [0.1, 0.15) is 6.10 Å². The number of hydrogen-bond acceptors (Lipinski definition) is 6. The molecule has 11 heteroatoms. The molecule has 1 unspecified atom stereocenters. The summed E-state index contributed by atoms with van der Waals surface area (Å²) in [7, 11) is -5.82. The molecule has 0 spiro atoms. The maximum absolute atomic E-state index is 12.1. The van der Waals surface area contributed by atoms with Crippen molar-refractivity contribution in [1.82, 2.24) is 4.41 Å². The lowest BCUT2D eigenvalue weighted by atomic mass is 10.3. The van der Waals surface area contributed by atoms with Crippen molar-refractivity contribution in [2.24, 2.45) is 5.84 Å². The van der Waals surface area contributed by atoms with Crippen molar-refractivity contribution < 1.29 is 35.9 Å². The Balaban J connectivity index is 2.31. The van der Waals surface area contributed by atoms with Gasteiger partial charge in [-0.2, -0.15) is 26.0 Å². The van der Waals surface area contributed by atoms with Gasteiger partial charge in [-0.3, -0.25) is 4.79 Å². The molecule has 0 aromatic carbocycles. The molecule has 1 aliphatic heterocycles. The van der Waals surface area contributed by atoms with Crippen molar-refractivity contribution in [3.8, 4) is 0 Å². The van der Waals surface area contributed by atoms with E-state index in [1.165, 1.54) is 0 Å². The molecule has 19 heavy (non-hydrogen) atoms. The van der Waals surface area contributed by atoms with E-state index in [4.69, 9.17) is 9.47 Å². The number of nitrogens with zero attached hydrogens (tertiary/aromatic N) is 1. The van der Waals surface area contributed by atoms with Gasteiger partial charge in [0, 0.05) is 13.0 Å². The Kier molecular flexibility index (Phi) is 5.12. The molecule has 1 atom stereocenters. The molecule has 7 nitrogen and oxygen atoms in total. The minimum Gasteiger partial charge on any atom is -0.379 e. The molecule has 112 valence electrons. The van der Waals surface area contributed by atoms with Crippen LogP contribution in [0.1, 0.15) is 12.8 Å². The van der Waals surface area contributed by atoms with Gasteiger partial charge in [0.25, 0.3) is 5.91 Å². The molecule has 1 saturated heterocycles. The van der Waals surface area contributed by atoms with Crippen molar-refractivity contribution in [3.63, 3.8) is 0 Å². The van der Waals surface area contributed by atoms with Gasteiger partial charge in [0.15, 0.2) is 0 Å². The van der Waals surface area contributed by atoms with Crippen LogP contribution < -0.4 is 5.84 Å². The number of sulfonamides is 1. The molecule has 2 N–H and O–H groups in total. The second kappa shape index (κ2) is 6.03. The van der Waals surface area contributed by atoms with Gasteiger partial charge in [-0.25, -0.2) is 5.84 Å². The molecule has 1 amide bonds. The quantitative estimate of drug-likeness (QED) is 0.228. The average Bonchev–Trinajstić information content (AvgIpc) is 3.09. The van der Waals surface area contributed by atoms with Gasteiger partial charge in [-0.05, 0) is 6.42 Å². The summed E-state index contributed by atoms with van der Waals surface area (Å²) in [5.74, 6) is 3.33. The largest absolute Gasteiger partial charge is 0.518 e. The fraction of sp³-hybridized carbons (Fsp3) is 0.875. The zero-order valence-electron chi connectivity index (χ0n) is 9.72. The zero-order chi connectivity index (χ0) is 14.7. The molecule has 0 aliphatic carbocycles. The predicted octanol–water partition coefficient (Wildman–Crippen LogP) is -0.266. The van der Waals surface area contributed by atoms with Crippen LogP contribution in [0.15, 0.2) is 0 Å². The van der Waals surface area contributed by atoms with Gasteiger partial charge in [0.2, 0.25) is 0 Å². The van der Waals surface area contributed by atoms with E-state index in [0.29, 0.717) is 13.2 Å². The highest BCUT2D eigenvalue weighted by atomic mass is 32.2. The van der Waals surface area contributed by atoms with E-state index >= 15 is 0 Å². The molecule has 1 aliphatic rings. The molecule has 1 fully saturated rings. The molecule has 0 aromatic rings. The number of nitrogens with two attached hydrogens (primary N) is 1. The first-order chi connectivity index (χ1) is 8.66. The van der Waals surface area contributed by atoms with Crippen molar-refractivity contribution in [3.05, 3.63) is 0 Å². The van der Waals surface area contributed by atoms with Crippen molar-refractivity contribution in [2.75, 3.05) is 19.8 Å². The summed E-state index contributed by atoms with van der Waals surface area (Å²) in [6.07, 6.45) is -0.364. The van der Waals surface area contributed by atoms with Crippen molar-refractivity contribution in [2.45, 2.75) is 24.5 Å². The molecule has 1 heterocycles. The maximum Gasteiger partial charge on any atom is 0.518 e. The van der Waals surface area contributed by atoms with Gasteiger partial charge in [-0.1, -0.05) is 0 Å². The SMILES string of the molecule is NN(C(=O)CCCOCC1CO1)S(=O)(=O)C(F)(F)F. The first kappa shape index (κ1) is 16.1. The van der Waals surface area contributed by atoms with Crippen LogP contribution in [0.4, 0.5) is 13.2 Å². The second-order valence-electron chi connectivity index (χ2n) is 3.77. The third-order valence-electron chi connectivity index (χ3n) is 2.18. The molecular formula is C8H13F3N2O5S. The lowest BCUT2D eigenvalue weighted by molar-refractivity contribution is -0.128. The van der Waals surface area contributed by atoms with E-state index in [1.807, 2.05) is 0 Å². The highest BCUT2D eigenvalue weighted by Gasteiger charge is 2.51. The standard InChI is InChI=1S/C8H13F3N2O5S/c9-8(10,11)19(15,16)13(12)7(14)2-1-3-17-4-6-5-18-6/h6H,1-5,12H2. The van der Waals surface area contributed by atoms with E-state index in [0.717, 1.165) is 0 Å². The van der Waals surface area contributed by atoms with Crippen LogP contribution in [0, 0.1) is 0 Å². The number of carbonyl (C=O) groups is 1. The second-order valence-corrected chi connectivity index (χ2v) is 5.58. The third-order valence-corrected chi connectivity index (χ3v) is 3.49. The van der Waals surface area contributed by atoms with Crippen molar-refractivity contribution >= 4 is 15.9 Å². The number of halogens is 3. The summed E-state index contributed by atoms with van der Waals surface area (Å²) in [6, 6.07) is 0. The Hall–Kier alpha value is -0.910. The smallest absolute Gasteiger partial charge is 0.379 e. The molecule has 0 bridgehead atoms. The van der Waals surface area contributed by atoms with E-state index in [2.05, 4.69) is 5.84 Å². The number of hydrogen-bond donors (Lipinski definition) is 1. The topological polar surface area (TPSA) is 102 Å². The summed E-state index contributed by atoms with van der Waals surface area (Å²) < 4.78 is 66.9. The van der Waals surface area contributed by atoms with Crippen LogP contribution >= 0.6 is 0 Å². The summed E-state index contributed by atoms with van der Waals surface area (Å²) >= 11 is 0. The molecule has 0 radical (unpaired) electrons. The average molecular weight is 306 g/mol. The van der Waals surface area contributed by atoms with Crippen LogP contribution in [-0.4, -0.2) is 50.2 Å². The Morgan fingerprint density at radius 2 is 2.05 bits per heavy atom. The van der Waals surface area contributed by atoms with E-state index in [9.17, 15) is 26.4 Å². The zero-order valence-corrected chi connectivity index (χ0v) is 10.5. The van der Waals surface area contributed by atoms with Gasteiger partial charge in [0.05, 0.1) is 13.2 Å². The van der Waals surface area contributed by atoms with E-state index < -0.39 is 32.3 Å². The van der Waals surface area contributed by atoms with Gasteiger partial charge >= 0.3 is 15.5 Å². The lowest BCUT2D eigenvalue weighted by Crippen LogP contribution is -2.48. The van der Waals surface area contributed by atoms with Crippen LogP contribution in [-0.2, 0) is 24.3 Å². The van der Waals surface area contributed by atoms with Crippen LogP contribution in [0.3, 0.4) is 0 Å². The minimum absolute atomic E-state index is 0.0346. The normalized spacial score (nSPS) is 19.3. The van der Waals surface area contributed by atoms with Crippen LogP contribution in [0.2, 0.25) is 0 Å². The molecule has 0 saturated carbocycles. The first-order valence-corrected chi connectivity index (χ1v) is 6.68. The lowest BCUT2D eigenvalue weighted by Gasteiger charge is -2.18. The first-order valence-electron chi connectivity index (χ1n) is 5.24. The highest BCUT2D eigenvalue weighted by molar-refractivity contribution is 7.90. The number of hydrazine groups is 1.